The first kappa shape index (κ1) is 32.4. The Labute approximate surface area is 253 Å². The third-order valence-corrected chi connectivity index (χ3v) is 9.01. The lowest BCUT2D eigenvalue weighted by molar-refractivity contribution is -0.141. The summed E-state index contributed by atoms with van der Waals surface area (Å²) in [6, 6.07) is 19.1. The van der Waals surface area contributed by atoms with Gasteiger partial charge in [-0.25, -0.2) is 8.42 Å². The molecule has 7 nitrogen and oxygen atoms in total. The van der Waals surface area contributed by atoms with Gasteiger partial charge in [0.1, 0.15) is 12.6 Å². The third kappa shape index (κ3) is 8.24. The van der Waals surface area contributed by atoms with Gasteiger partial charge in [0, 0.05) is 27.7 Å². The predicted octanol–water partition coefficient (Wildman–Crippen LogP) is 6.47. The Hall–Kier alpha value is -3.07. The van der Waals surface area contributed by atoms with Crippen LogP contribution in [-0.4, -0.2) is 43.3 Å². The molecule has 0 aliphatic carbocycles. The van der Waals surface area contributed by atoms with E-state index in [4.69, 9.17) is 23.2 Å². The summed E-state index contributed by atoms with van der Waals surface area (Å²) in [4.78, 5) is 29.0. The van der Waals surface area contributed by atoms with Crippen LogP contribution in [0.5, 0.6) is 0 Å². The van der Waals surface area contributed by atoms with Crippen LogP contribution in [0.1, 0.15) is 52.2 Å². The van der Waals surface area contributed by atoms with Crippen LogP contribution in [-0.2, 0) is 32.6 Å². The minimum absolute atomic E-state index is 0.0468. The van der Waals surface area contributed by atoms with Crippen LogP contribution in [0.25, 0.3) is 0 Å². The van der Waals surface area contributed by atoms with Crippen molar-refractivity contribution < 1.29 is 18.0 Å². The molecule has 1 atom stereocenters. The van der Waals surface area contributed by atoms with Crippen molar-refractivity contribution in [2.45, 2.75) is 70.5 Å². The largest absolute Gasteiger partial charge is 0.350 e. The quantitative estimate of drug-likeness (QED) is 0.267. The second-order valence-corrected chi connectivity index (χ2v) is 13.4. The van der Waals surface area contributed by atoms with Crippen molar-refractivity contribution in [3.63, 3.8) is 0 Å². The molecule has 3 aromatic rings. The zero-order valence-corrected chi connectivity index (χ0v) is 26.4. The second kappa shape index (κ2) is 13.7. The number of halogens is 2. The molecule has 0 heterocycles. The van der Waals surface area contributed by atoms with Crippen molar-refractivity contribution in [2.24, 2.45) is 0 Å². The van der Waals surface area contributed by atoms with Crippen LogP contribution in [0.4, 0.5) is 5.69 Å². The smallest absolute Gasteiger partial charge is 0.264 e. The van der Waals surface area contributed by atoms with E-state index in [-0.39, 0.29) is 23.8 Å². The molecule has 10 heteroatoms. The summed E-state index contributed by atoms with van der Waals surface area (Å²) < 4.78 is 28.9. The molecular formula is C31H37Cl2N3O4S. The molecule has 3 rings (SSSR count). The van der Waals surface area contributed by atoms with E-state index in [0.717, 1.165) is 16.3 Å². The summed E-state index contributed by atoms with van der Waals surface area (Å²) in [6.07, 6.45) is 1.06. The molecule has 0 aliphatic heterocycles. The average molecular weight is 619 g/mol. The lowest BCUT2D eigenvalue weighted by atomic mass is 10.1. The van der Waals surface area contributed by atoms with Crippen LogP contribution >= 0.6 is 23.2 Å². The highest BCUT2D eigenvalue weighted by atomic mass is 35.5. The lowest BCUT2D eigenvalue weighted by Gasteiger charge is -2.35. The van der Waals surface area contributed by atoms with Crippen molar-refractivity contribution >= 4 is 50.7 Å². The maximum Gasteiger partial charge on any atom is 0.264 e. The van der Waals surface area contributed by atoms with Gasteiger partial charge >= 0.3 is 0 Å². The fraction of sp³-hybridized carbons (Fsp3) is 0.355. The number of anilines is 1. The monoisotopic (exact) mass is 617 g/mol. The standard InChI is InChI=1S/C31H37Cl2N3O4S/c1-6-22-16-18-23(19-17-22)36(41(39,40)24-12-9-8-10-13-24)21-29(37)35(20-25-26(32)14-11-15-27(25)33)28(7-2)30(38)34-31(3,4)5/h8-19,28H,6-7,20-21H2,1-5H3,(H,34,38)/t28-/m1/s1. The van der Waals surface area contributed by atoms with Gasteiger partial charge in [-0.05, 0) is 75.6 Å². The topological polar surface area (TPSA) is 86.8 Å². The zero-order valence-electron chi connectivity index (χ0n) is 24.0. The summed E-state index contributed by atoms with van der Waals surface area (Å²) in [5.74, 6) is -0.933. The predicted molar refractivity (Wildman–Crippen MR) is 166 cm³/mol. The first-order valence-corrected chi connectivity index (χ1v) is 15.7. The van der Waals surface area contributed by atoms with E-state index in [9.17, 15) is 18.0 Å². The van der Waals surface area contributed by atoms with Crippen LogP contribution in [0.2, 0.25) is 10.0 Å². The van der Waals surface area contributed by atoms with E-state index in [2.05, 4.69) is 5.32 Å². The van der Waals surface area contributed by atoms with Crippen molar-refractivity contribution in [3.8, 4) is 0 Å². The van der Waals surface area contributed by atoms with Crippen molar-refractivity contribution in [1.82, 2.24) is 10.2 Å². The van der Waals surface area contributed by atoms with Crippen LogP contribution in [0.15, 0.2) is 77.7 Å². The Bertz CT molecular complexity index is 1440. The molecule has 2 amide bonds. The minimum atomic E-state index is -4.14. The number of sulfonamides is 1. The van der Waals surface area contributed by atoms with Crippen molar-refractivity contribution in [2.75, 3.05) is 10.8 Å². The first-order chi connectivity index (χ1) is 19.3. The minimum Gasteiger partial charge on any atom is -0.350 e. The lowest BCUT2D eigenvalue weighted by Crippen LogP contribution is -2.55. The van der Waals surface area contributed by atoms with Crippen LogP contribution < -0.4 is 9.62 Å². The maximum atomic E-state index is 14.2. The summed E-state index contributed by atoms with van der Waals surface area (Å²) >= 11 is 12.9. The van der Waals surface area contributed by atoms with Crippen LogP contribution in [0.3, 0.4) is 0 Å². The highest BCUT2D eigenvalue weighted by molar-refractivity contribution is 7.92. The van der Waals surface area contributed by atoms with E-state index in [0.29, 0.717) is 21.3 Å². The second-order valence-electron chi connectivity index (χ2n) is 10.7. The average Bonchev–Trinajstić information content (AvgIpc) is 2.92. The number of benzene rings is 3. The molecule has 0 unspecified atom stereocenters. The number of hydrogen-bond acceptors (Lipinski definition) is 4. The number of nitrogens with one attached hydrogen (secondary N) is 1. The molecule has 220 valence electrons. The molecule has 0 aromatic heterocycles. The van der Waals surface area contributed by atoms with Gasteiger partial charge in [0.2, 0.25) is 11.8 Å². The highest BCUT2D eigenvalue weighted by Gasteiger charge is 2.35. The number of rotatable bonds is 11. The third-order valence-electron chi connectivity index (χ3n) is 6.52. The van der Waals surface area contributed by atoms with Crippen molar-refractivity contribution in [1.29, 1.82) is 0 Å². The maximum absolute atomic E-state index is 14.2. The molecule has 0 bridgehead atoms. The number of carbonyl (C=O) groups excluding carboxylic acids is 2. The van der Waals surface area contributed by atoms with E-state index < -0.39 is 34.1 Å². The number of aryl methyl sites for hydroxylation is 1. The number of carbonyl (C=O) groups is 2. The van der Waals surface area contributed by atoms with Gasteiger partial charge in [-0.3, -0.25) is 13.9 Å². The zero-order chi connectivity index (χ0) is 30.4. The molecule has 0 saturated heterocycles. The van der Waals surface area contributed by atoms with Gasteiger partial charge in [0.05, 0.1) is 10.6 Å². The Balaban J connectivity index is 2.10. The fourth-order valence-corrected chi connectivity index (χ4v) is 6.32. The number of nitrogens with zero attached hydrogens (tertiary/aromatic N) is 2. The SMILES string of the molecule is CCc1ccc(N(CC(=O)N(Cc2c(Cl)cccc2Cl)[C@H](CC)C(=O)NC(C)(C)C)S(=O)(=O)c2ccccc2)cc1. The Morgan fingerprint density at radius 3 is 1.98 bits per heavy atom. The Morgan fingerprint density at radius 2 is 1.46 bits per heavy atom. The first-order valence-electron chi connectivity index (χ1n) is 13.5. The summed E-state index contributed by atoms with van der Waals surface area (Å²) in [7, 11) is -4.14. The molecule has 0 saturated carbocycles. The van der Waals surface area contributed by atoms with Gasteiger partial charge in [-0.1, -0.05) is 73.4 Å². The summed E-state index contributed by atoms with van der Waals surface area (Å²) in [5, 5.41) is 3.62. The molecule has 0 fully saturated rings. The number of amides is 2. The van der Waals surface area contributed by atoms with Gasteiger partial charge in [-0.15, -0.1) is 0 Å². The Morgan fingerprint density at radius 1 is 0.878 bits per heavy atom. The van der Waals surface area contributed by atoms with Gasteiger partial charge in [0.15, 0.2) is 0 Å². The molecule has 1 N–H and O–H groups in total. The molecular weight excluding hydrogens is 581 g/mol. The molecule has 0 aliphatic rings. The summed E-state index contributed by atoms with van der Waals surface area (Å²) in [5.41, 5.74) is 1.28. The molecule has 3 aromatic carbocycles. The fourth-order valence-electron chi connectivity index (χ4n) is 4.37. The normalized spacial score (nSPS) is 12.5. The molecule has 0 radical (unpaired) electrons. The van der Waals surface area contributed by atoms with E-state index in [1.807, 2.05) is 39.8 Å². The van der Waals surface area contributed by atoms with E-state index in [1.165, 1.54) is 17.0 Å². The van der Waals surface area contributed by atoms with Gasteiger partial charge < -0.3 is 10.2 Å². The number of hydrogen-bond donors (Lipinski definition) is 1. The van der Waals surface area contributed by atoms with Gasteiger partial charge in [0.25, 0.3) is 10.0 Å². The summed E-state index contributed by atoms with van der Waals surface area (Å²) in [6.45, 7) is 8.73. The van der Waals surface area contributed by atoms with E-state index in [1.54, 1.807) is 55.5 Å². The van der Waals surface area contributed by atoms with E-state index >= 15 is 0 Å². The molecule has 0 spiro atoms. The van der Waals surface area contributed by atoms with Crippen LogP contribution in [0, 0.1) is 0 Å². The highest BCUT2D eigenvalue weighted by Crippen LogP contribution is 2.29. The van der Waals surface area contributed by atoms with Gasteiger partial charge in [-0.2, -0.15) is 0 Å². The Kier molecular flexibility index (Phi) is 10.9. The molecule has 41 heavy (non-hydrogen) atoms. The van der Waals surface area contributed by atoms with Crippen molar-refractivity contribution in [3.05, 3.63) is 94.0 Å².